The van der Waals surface area contributed by atoms with Gasteiger partial charge in [0.2, 0.25) is 0 Å². The molecule has 0 aliphatic heterocycles. The molecule has 3 aromatic rings. The molecule has 2 heterocycles. The molecule has 0 radical (unpaired) electrons. The van der Waals surface area contributed by atoms with Crippen LogP contribution in [0, 0.1) is 6.92 Å². The molecule has 0 bridgehead atoms. The number of ether oxygens (including phenoxy) is 1. The summed E-state index contributed by atoms with van der Waals surface area (Å²) in [7, 11) is 1.57. The molecule has 2 aromatic heterocycles. The van der Waals surface area contributed by atoms with Gasteiger partial charge in [0, 0.05) is 28.5 Å². The molecule has 0 aliphatic carbocycles. The van der Waals surface area contributed by atoms with Gasteiger partial charge in [0.1, 0.15) is 16.4 Å². The average Bonchev–Trinajstić information content (AvgIpc) is 2.52. The fraction of sp³-hybridized carbons (Fsp3) is 0.118. The number of methoxy groups -OCH3 is 1. The maximum atomic E-state index is 12.6. The zero-order valence-corrected chi connectivity index (χ0v) is 13.4. The predicted octanol–water partition coefficient (Wildman–Crippen LogP) is 3.85. The Kier molecular flexibility index (Phi) is 4.12. The number of halogens is 1. The number of hydrogen-bond acceptors (Lipinski definition) is 4. The Bertz CT molecular complexity index is 876. The van der Waals surface area contributed by atoms with Crippen LogP contribution in [0.5, 0.6) is 5.75 Å². The molecule has 0 fully saturated rings. The van der Waals surface area contributed by atoms with Gasteiger partial charge in [0.25, 0.3) is 5.91 Å². The molecule has 23 heavy (non-hydrogen) atoms. The minimum absolute atomic E-state index is 0.243. The molecule has 0 atom stereocenters. The normalized spacial score (nSPS) is 10.6. The number of benzene rings is 1. The molecule has 0 aliphatic rings. The van der Waals surface area contributed by atoms with Crippen molar-refractivity contribution in [3.63, 3.8) is 0 Å². The summed E-state index contributed by atoms with van der Waals surface area (Å²) in [4.78, 5) is 21.0. The molecule has 5 nitrogen and oxygen atoms in total. The van der Waals surface area contributed by atoms with Crippen molar-refractivity contribution in [1.29, 1.82) is 0 Å². The monoisotopic (exact) mass is 327 g/mol. The fourth-order valence-electron chi connectivity index (χ4n) is 2.41. The van der Waals surface area contributed by atoms with E-state index in [0.717, 1.165) is 11.1 Å². The molecule has 3 rings (SSSR count). The van der Waals surface area contributed by atoms with Crippen LogP contribution in [0.2, 0.25) is 5.15 Å². The molecule has 1 amide bonds. The van der Waals surface area contributed by atoms with Crippen molar-refractivity contribution >= 4 is 34.1 Å². The van der Waals surface area contributed by atoms with Gasteiger partial charge in [-0.15, -0.1) is 0 Å². The van der Waals surface area contributed by atoms with Crippen LogP contribution in [-0.2, 0) is 0 Å². The number of nitrogens with zero attached hydrogens (tertiary/aromatic N) is 2. The number of carbonyl (C=O) groups is 1. The van der Waals surface area contributed by atoms with E-state index in [4.69, 9.17) is 16.3 Å². The van der Waals surface area contributed by atoms with E-state index in [1.807, 2.05) is 13.0 Å². The smallest absolute Gasteiger partial charge is 0.256 e. The second-order valence-corrected chi connectivity index (χ2v) is 5.38. The predicted molar refractivity (Wildman–Crippen MR) is 90.2 cm³/mol. The lowest BCUT2D eigenvalue weighted by Gasteiger charge is -2.10. The lowest BCUT2D eigenvalue weighted by molar-refractivity contribution is 0.102. The number of amides is 1. The van der Waals surface area contributed by atoms with Crippen molar-refractivity contribution in [1.82, 2.24) is 9.97 Å². The summed E-state index contributed by atoms with van der Waals surface area (Å²) in [6.45, 7) is 1.81. The quantitative estimate of drug-likeness (QED) is 0.742. The van der Waals surface area contributed by atoms with Crippen LogP contribution in [0.25, 0.3) is 10.9 Å². The number of carbonyl (C=O) groups excluding carboxylic acids is 1. The number of aromatic nitrogens is 2. The van der Waals surface area contributed by atoms with E-state index in [2.05, 4.69) is 15.3 Å². The Labute approximate surface area is 138 Å². The van der Waals surface area contributed by atoms with Gasteiger partial charge < -0.3 is 10.1 Å². The highest BCUT2D eigenvalue weighted by Crippen LogP contribution is 2.27. The zero-order valence-electron chi connectivity index (χ0n) is 12.6. The van der Waals surface area contributed by atoms with Gasteiger partial charge in [-0.05, 0) is 37.3 Å². The van der Waals surface area contributed by atoms with Gasteiger partial charge in [0.15, 0.2) is 0 Å². The van der Waals surface area contributed by atoms with Crippen molar-refractivity contribution in [2.24, 2.45) is 0 Å². The van der Waals surface area contributed by atoms with Crippen LogP contribution < -0.4 is 10.1 Å². The summed E-state index contributed by atoms with van der Waals surface area (Å²) < 4.78 is 5.29. The van der Waals surface area contributed by atoms with Crippen molar-refractivity contribution in [3.8, 4) is 5.75 Å². The summed E-state index contributed by atoms with van der Waals surface area (Å²) in [5.74, 6) is 0.382. The molecular formula is C17H14ClN3O2. The highest BCUT2D eigenvalue weighted by Gasteiger charge is 2.14. The summed E-state index contributed by atoms with van der Waals surface area (Å²) in [5.41, 5.74) is 2.49. The minimum Gasteiger partial charge on any atom is -0.494 e. The van der Waals surface area contributed by atoms with E-state index in [1.54, 1.807) is 43.6 Å². The standard InChI is InChI=1S/C17H14ClN3O2/c1-10-8-11(9-15(18)20-10)21-17(22)13-5-6-14(23-2)16-12(13)4-3-7-19-16/h3-9H,1-2H3,(H,20,21,22). The Balaban J connectivity index is 2.01. The van der Waals surface area contributed by atoms with Crippen LogP contribution >= 0.6 is 11.6 Å². The van der Waals surface area contributed by atoms with E-state index in [0.29, 0.717) is 27.7 Å². The van der Waals surface area contributed by atoms with E-state index < -0.39 is 0 Å². The first-order valence-electron chi connectivity index (χ1n) is 6.96. The largest absolute Gasteiger partial charge is 0.494 e. The maximum Gasteiger partial charge on any atom is 0.256 e. The van der Waals surface area contributed by atoms with Gasteiger partial charge in [0.05, 0.1) is 7.11 Å². The van der Waals surface area contributed by atoms with E-state index >= 15 is 0 Å². The molecule has 0 saturated heterocycles. The first kappa shape index (κ1) is 15.2. The Morgan fingerprint density at radius 1 is 1.26 bits per heavy atom. The van der Waals surface area contributed by atoms with Crippen molar-refractivity contribution in [2.45, 2.75) is 6.92 Å². The number of rotatable bonds is 3. The third-order valence-corrected chi connectivity index (χ3v) is 3.57. The number of pyridine rings is 2. The Morgan fingerprint density at radius 3 is 2.83 bits per heavy atom. The molecule has 1 N–H and O–H groups in total. The minimum atomic E-state index is -0.243. The Hall–Kier alpha value is -2.66. The number of fused-ring (bicyclic) bond motifs is 1. The van der Waals surface area contributed by atoms with Crippen LogP contribution in [0.1, 0.15) is 16.1 Å². The van der Waals surface area contributed by atoms with Gasteiger partial charge in [-0.3, -0.25) is 9.78 Å². The number of hydrogen-bond donors (Lipinski definition) is 1. The van der Waals surface area contributed by atoms with Gasteiger partial charge in [-0.2, -0.15) is 0 Å². The first-order chi connectivity index (χ1) is 11.1. The molecule has 0 spiro atoms. The molecule has 0 unspecified atom stereocenters. The average molecular weight is 328 g/mol. The second-order valence-electron chi connectivity index (χ2n) is 4.99. The zero-order chi connectivity index (χ0) is 16.4. The van der Waals surface area contributed by atoms with E-state index in [-0.39, 0.29) is 5.91 Å². The van der Waals surface area contributed by atoms with Crippen LogP contribution in [-0.4, -0.2) is 23.0 Å². The third-order valence-electron chi connectivity index (χ3n) is 3.38. The number of anilines is 1. The van der Waals surface area contributed by atoms with Crippen LogP contribution in [0.15, 0.2) is 42.6 Å². The number of nitrogens with one attached hydrogen (secondary N) is 1. The summed E-state index contributed by atoms with van der Waals surface area (Å²) >= 11 is 5.93. The summed E-state index contributed by atoms with van der Waals surface area (Å²) in [6, 6.07) is 10.4. The molecule has 1 aromatic carbocycles. The number of aryl methyl sites for hydroxylation is 1. The topological polar surface area (TPSA) is 64.1 Å². The molecular weight excluding hydrogens is 314 g/mol. The van der Waals surface area contributed by atoms with Gasteiger partial charge >= 0.3 is 0 Å². The maximum absolute atomic E-state index is 12.6. The van der Waals surface area contributed by atoms with Gasteiger partial charge in [-0.1, -0.05) is 17.7 Å². The lowest BCUT2D eigenvalue weighted by Crippen LogP contribution is -2.13. The molecule has 116 valence electrons. The van der Waals surface area contributed by atoms with E-state index in [9.17, 15) is 4.79 Å². The molecule has 0 saturated carbocycles. The summed E-state index contributed by atoms with van der Waals surface area (Å²) in [5, 5.41) is 3.90. The highest BCUT2D eigenvalue weighted by atomic mass is 35.5. The first-order valence-corrected chi connectivity index (χ1v) is 7.33. The summed E-state index contributed by atoms with van der Waals surface area (Å²) in [6.07, 6.45) is 1.67. The lowest BCUT2D eigenvalue weighted by atomic mass is 10.1. The van der Waals surface area contributed by atoms with Crippen molar-refractivity contribution < 1.29 is 9.53 Å². The van der Waals surface area contributed by atoms with Crippen LogP contribution in [0.3, 0.4) is 0 Å². The third kappa shape index (κ3) is 3.10. The van der Waals surface area contributed by atoms with Crippen LogP contribution in [0.4, 0.5) is 5.69 Å². The SMILES string of the molecule is COc1ccc(C(=O)Nc2cc(C)nc(Cl)c2)c2cccnc12. The Morgan fingerprint density at radius 2 is 2.09 bits per heavy atom. The molecule has 6 heteroatoms. The second kappa shape index (κ2) is 6.22. The fourth-order valence-corrected chi connectivity index (χ4v) is 2.66. The highest BCUT2D eigenvalue weighted by molar-refractivity contribution is 6.29. The van der Waals surface area contributed by atoms with Gasteiger partial charge in [-0.25, -0.2) is 4.98 Å². The van der Waals surface area contributed by atoms with E-state index in [1.165, 1.54) is 0 Å². The van der Waals surface area contributed by atoms with Crippen molar-refractivity contribution in [3.05, 3.63) is 59.0 Å². The van der Waals surface area contributed by atoms with Crippen molar-refractivity contribution in [2.75, 3.05) is 12.4 Å².